The number of hydrogen-bond donors (Lipinski definition) is 0. The molecule has 0 N–H and O–H groups in total. The van der Waals surface area contributed by atoms with Crippen molar-refractivity contribution in [2.24, 2.45) is 0 Å². The van der Waals surface area contributed by atoms with Gasteiger partial charge in [0.15, 0.2) is 0 Å². The van der Waals surface area contributed by atoms with Gasteiger partial charge in [-0.15, -0.1) is 59.7 Å². The van der Waals surface area contributed by atoms with Gasteiger partial charge in [0.1, 0.15) is 11.2 Å². The number of benzene rings is 5. The number of nitrogens with zero attached hydrogens (tertiary/aromatic N) is 3. The van der Waals surface area contributed by atoms with Crippen LogP contribution in [-0.2, 0) is 20.1 Å². The summed E-state index contributed by atoms with van der Waals surface area (Å²) in [7, 11) is 0. The zero-order valence-electron chi connectivity index (χ0n) is 23.9. The Hall–Kier alpha value is -5.35. The monoisotopic (exact) mass is 754 g/mol. The summed E-state index contributed by atoms with van der Waals surface area (Å²) in [5.74, 6) is 0. The molecule has 10 aromatic rings. The van der Waals surface area contributed by atoms with E-state index >= 15 is 0 Å². The summed E-state index contributed by atoms with van der Waals surface area (Å²) >= 11 is 0. The molecule has 5 aromatic heterocycles. The summed E-state index contributed by atoms with van der Waals surface area (Å²) in [6, 6.07) is 49.9. The van der Waals surface area contributed by atoms with Crippen LogP contribution in [0.4, 0.5) is 0 Å². The third kappa shape index (κ3) is 4.40. The molecule has 0 atom stereocenters. The Bertz CT molecular complexity index is 2550. The zero-order chi connectivity index (χ0) is 29.0. The van der Waals surface area contributed by atoms with E-state index in [9.17, 15) is 0 Å². The molecular formula is C40H23IrN3O-2. The van der Waals surface area contributed by atoms with Crippen LogP contribution in [0.2, 0.25) is 0 Å². The standard InChI is InChI=1S/C29H15N2O.C11H8N.Ir/c1-2-10-27-18(6-1)23-15-22-20-8-5-7-19-21-14-17(24-9-3-4-13-30-24)11-12-25(21)31(29(19)20)26(22)16-28(23)32-27;1-2-6-10(7-3-1)11-8-4-5-9-12-11;/h1-10,12-16H;1-6,8-9H;/q2*-1;. The second-order valence-corrected chi connectivity index (χ2v) is 10.9. The van der Waals surface area contributed by atoms with Crippen LogP contribution in [0.25, 0.3) is 82.5 Å². The molecule has 45 heavy (non-hydrogen) atoms. The minimum Gasteiger partial charge on any atom is -0.456 e. The van der Waals surface area contributed by atoms with E-state index in [-0.39, 0.29) is 20.1 Å². The van der Waals surface area contributed by atoms with Crippen molar-refractivity contribution >= 4 is 60.0 Å². The number of para-hydroxylation sites is 2. The summed E-state index contributed by atoms with van der Waals surface area (Å²) in [5, 5.41) is 7.31. The predicted octanol–water partition coefficient (Wildman–Crippen LogP) is 10.1. The van der Waals surface area contributed by atoms with Crippen molar-refractivity contribution < 1.29 is 24.5 Å². The molecule has 0 fully saturated rings. The molecule has 0 bridgehead atoms. The Morgan fingerprint density at radius 2 is 1.20 bits per heavy atom. The van der Waals surface area contributed by atoms with Gasteiger partial charge in [-0.05, 0) is 46.6 Å². The van der Waals surface area contributed by atoms with Gasteiger partial charge in [-0.1, -0.05) is 66.0 Å². The van der Waals surface area contributed by atoms with Crippen LogP contribution < -0.4 is 0 Å². The van der Waals surface area contributed by atoms with Crippen molar-refractivity contribution in [3.63, 3.8) is 0 Å². The van der Waals surface area contributed by atoms with Crippen LogP contribution >= 0.6 is 0 Å². The molecule has 4 nitrogen and oxygen atoms in total. The van der Waals surface area contributed by atoms with Crippen molar-refractivity contribution in [3.05, 3.63) is 152 Å². The first-order valence-corrected chi connectivity index (χ1v) is 14.6. The molecule has 0 aliphatic rings. The maximum atomic E-state index is 6.21. The molecular weight excluding hydrogens is 731 g/mol. The Morgan fingerprint density at radius 1 is 0.511 bits per heavy atom. The van der Waals surface area contributed by atoms with Crippen LogP contribution in [0.1, 0.15) is 0 Å². The largest absolute Gasteiger partial charge is 0.456 e. The molecule has 0 spiro atoms. The predicted molar refractivity (Wildman–Crippen MR) is 179 cm³/mol. The number of rotatable bonds is 2. The Morgan fingerprint density at radius 3 is 1.93 bits per heavy atom. The number of fused-ring (bicyclic) bond motifs is 9. The minimum atomic E-state index is 0. The van der Waals surface area contributed by atoms with Crippen molar-refractivity contribution in [2.75, 3.05) is 0 Å². The molecule has 0 aliphatic carbocycles. The van der Waals surface area contributed by atoms with Crippen LogP contribution in [0.15, 0.2) is 144 Å². The molecule has 10 rings (SSSR count). The van der Waals surface area contributed by atoms with E-state index in [0.29, 0.717) is 0 Å². The SMILES string of the molecule is [Ir].[c-]1cc2c(cc1-c1ccccn1)c1cccc3c4cc5c(cc4n2c13)oc1ccccc15.[c-]1ccccc1-c1ccccn1. The first-order chi connectivity index (χ1) is 21.8. The van der Waals surface area contributed by atoms with E-state index in [2.05, 4.69) is 81.1 Å². The second-order valence-electron chi connectivity index (χ2n) is 10.9. The number of furan rings is 1. The maximum absolute atomic E-state index is 6.21. The summed E-state index contributed by atoms with van der Waals surface area (Å²) in [5.41, 5.74) is 9.37. The average Bonchev–Trinajstić information content (AvgIpc) is 3.75. The van der Waals surface area contributed by atoms with Crippen LogP contribution in [-0.4, -0.2) is 14.4 Å². The number of pyridine rings is 2. The van der Waals surface area contributed by atoms with Gasteiger partial charge in [0.05, 0.1) is 5.52 Å². The third-order valence-electron chi connectivity index (χ3n) is 8.34. The summed E-state index contributed by atoms with van der Waals surface area (Å²) in [6.07, 6.45) is 3.61. The average molecular weight is 754 g/mol. The van der Waals surface area contributed by atoms with E-state index < -0.39 is 0 Å². The van der Waals surface area contributed by atoms with Gasteiger partial charge in [0.2, 0.25) is 0 Å². The Kier molecular flexibility index (Phi) is 6.64. The molecule has 0 amide bonds. The van der Waals surface area contributed by atoms with Crippen molar-refractivity contribution in [3.8, 4) is 22.5 Å². The molecule has 215 valence electrons. The quantitative estimate of drug-likeness (QED) is 0.165. The Balaban J connectivity index is 0.000000196. The molecule has 0 saturated heterocycles. The third-order valence-corrected chi connectivity index (χ3v) is 8.34. The normalized spacial score (nSPS) is 11.4. The molecule has 1 radical (unpaired) electrons. The molecule has 0 aliphatic heterocycles. The van der Waals surface area contributed by atoms with Gasteiger partial charge >= 0.3 is 0 Å². The van der Waals surface area contributed by atoms with Crippen molar-refractivity contribution in [2.45, 2.75) is 0 Å². The van der Waals surface area contributed by atoms with Gasteiger partial charge in [-0.3, -0.25) is 0 Å². The van der Waals surface area contributed by atoms with Gasteiger partial charge in [0, 0.05) is 65.6 Å². The first kappa shape index (κ1) is 27.2. The van der Waals surface area contributed by atoms with E-state index in [1.807, 2.05) is 79.0 Å². The van der Waals surface area contributed by atoms with Crippen LogP contribution in [0.5, 0.6) is 0 Å². The second kappa shape index (κ2) is 11.0. The van der Waals surface area contributed by atoms with Gasteiger partial charge in [-0.2, -0.15) is 0 Å². The topological polar surface area (TPSA) is 43.3 Å². The smallest absolute Gasteiger partial charge is 0.137 e. The molecule has 0 saturated carbocycles. The fourth-order valence-electron chi connectivity index (χ4n) is 6.38. The van der Waals surface area contributed by atoms with Crippen LogP contribution in [0.3, 0.4) is 0 Å². The van der Waals surface area contributed by atoms with Gasteiger partial charge in [-0.25, -0.2) is 0 Å². The minimum absolute atomic E-state index is 0. The zero-order valence-corrected chi connectivity index (χ0v) is 26.3. The fraction of sp³-hybridized carbons (Fsp3) is 0. The van der Waals surface area contributed by atoms with Gasteiger partial charge in [0.25, 0.3) is 0 Å². The summed E-state index contributed by atoms with van der Waals surface area (Å²) in [6.45, 7) is 0. The molecule has 0 unspecified atom stereocenters. The van der Waals surface area contributed by atoms with Crippen LogP contribution in [0, 0.1) is 12.1 Å². The van der Waals surface area contributed by atoms with Crippen molar-refractivity contribution in [1.29, 1.82) is 0 Å². The Labute approximate surface area is 272 Å². The number of hydrogen-bond acceptors (Lipinski definition) is 3. The maximum Gasteiger partial charge on any atom is 0.137 e. The van der Waals surface area contributed by atoms with E-state index in [1.54, 1.807) is 6.20 Å². The van der Waals surface area contributed by atoms with E-state index in [0.717, 1.165) is 55.5 Å². The molecule has 5 heteroatoms. The van der Waals surface area contributed by atoms with Crippen molar-refractivity contribution in [1.82, 2.24) is 14.4 Å². The first-order valence-electron chi connectivity index (χ1n) is 14.6. The molecule has 5 heterocycles. The molecule has 5 aromatic carbocycles. The summed E-state index contributed by atoms with van der Waals surface area (Å²) < 4.78 is 8.57. The van der Waals surface area contributed by atoms with E-state index in [1.165, 1.54) is 27.1 Å². The number of aromatic nitrogens is 3. The van der Waals surface area contributed by atoms with Gasteiger partial charge < -0.3 is 18.8 Å². The summed E-state index contributed by atoms with van der Waals surface area (Å²) in [4.78, 5) is 8.73. The fourth-order valence-corrected chi connectivity index (χ4v) is 6.38. The van der Waals surface area contributed by atoms with E-state index in [4.69, 9.17) is 4.42 Å².